The maximum atomic E-state index is 3.72. The van der Waals surface area contributed by atoms with Crippen LogP contribution in [0, 0.1) is 33.1 Å². The average molecular weight is 511 g/mol. The summed E-state index contributed by atoms with van der Waals surface area (Å²) in [5.41, 5.74) is 9.94. The van der Waals surface area contributed by atoms with Crippen molar-refractivity contribution >= 4 is 0 Å². The fourth-order valence-electron chi connectivity index (χ4n) is 4.62. The molecule has 0 bridgehead atoms. The van der Waals surface area contributed by atoms with Crippen LogP contribution in [-0.4, -0.2) is 0 Å². The van der Waals surface area contributed by atoms with Gasteiger partial charge in [0.2, 0.25) is 0 Å². The van der Waals surface area contributed by atoms with Crippen LogP contribution in [0.1, 0.15) is 69.6 Å². The van der Waals surface area contributed by atoms with Crippen molar-refractivity contribution in [1.29, 1.82) is 0 Å². The Hall–Kier alpha value is -2.67. The smallest absolute Gasteiger partial charge is 0.199 e. The van der Waals surface area contributed by atoms with Crippen LogP contribution in [-0.2, 0) is 21.7 Å². The standard InChI is InChI=1S/C14H21.3C7H7.Ti/c1-4-11-10(3)12(5-2)14-9-7-6-8-13(11)14;3*1-7-5-3-2-4-6-7;/h8,12H,4-7,9H2,1-3H3;3*2-6H,1H2;/q4*-1;+4. The van der Waals surface area contributed by atoms with Gasteiger partial charge in [-0.3, -0.25) is 0 Å². The van der Waals surface area contributed by atoms with E-state index in [1.165, 1.54) is 32.1 Å². The Labute approximate surface area is 236 Å². The van der Waals surface area contributed by atoms with E-state index in [1.54, 1.807) is 22.3 Å². The molecule has 0 saturated heterocycles. The Morgan fingerprint density at radius 3 is 1.44 bits per heavy atom. The topological polar surface area (TPSA) is 0 Å². The summed E-state index contributed by atoms with van der Waals surface area (Å²) in [5.74, 6) is 0.788. The van der Waals surface area contributed by atoms with E-state index in [9.17, 15) is 0 Å². The van der Waals surface area contributed by atoms with Crippen LogP contribution in [0.25, 0.3) is 0 Å². The summed E-state index contributed by atoms with van der Waals surface area (Å²) in [4.78, 5) is 0. The Balaban J connectivity index is 0.000000253. The summed E-state index contributed by atoms with van der Waals surface area (Å²) in [6, 6.07) is 29.6. The quantitative estimate of drug-likeness (QED) is 0.238. The molecule has 0 spiro atoms. The van der Waals surface area contributed by atoms with Gasteiger partial charge in [0.25, 0.3) is 0 Å². The van der Waals surface area contributed by atoms with Gasteiger partial charge in [-0.15, -0.1) is 42.0 Å². The van der Waals surface area contributed by atoms with Crippen molar-refractivity contribution in [3.63, 3.8) is 0 Å². The predicted molar refractivity (Wildman–Crippen MR) is 155 cm³/mol. The maximum absolute atomic E-state index is 3.72. The molecular weight excluding hydrogens is 468 g/mol. The molecule has 2 aliphatic rings. The molecule has 1 heteroatoms. The van der Waals surface area contributed by atoms with E-state index < -0.39 is 0 Å². The molecular formula is C35H42Ti. The number of hydrogen-bond acceptors (Lipinski definition) is 0. The van der Waals surface area contributed by atoms with Crippen LogP contribution in [0.3, 0.4) is 0 Å². The molecule has 0 nitrogen and oxygen atoms in total. The molecule has 36 heavy (non-hydrogen) atoms. The molecule has 0 heterocycles. The molecule has 1 unspecified atom stereocenters. The van der Waals surface area contributed by atoms with E-state index in [-0.39, 0.29) is 21.7 Å². The summed E-state index contributed by atoms with van der Waals surface area (Å²) in [7, 11) is 0. The Morgan fingerprint density at radius 1 is 0.722 bits per heavy atom. The number of allylic oxidation sites excluding steroid dienone is 4. The van der Waals surface area contributed by atoms with Gasteiger partial charge in [0.15, 0.2) is 0 Å². The predicted octanol–water partition coefficient (Wildman–Crippen LogP) is 10.0. The van der Waals surface area contributed by atoms with Crippen LogP contribution in [0.4, 0.5) is 0 Å². The molecule has 0 N–H and O–H groups in total. The summed E-state index contributed by atoms with van der Waals surface area (Å²) in [6.07, 6.45) is 9.02. The third kappa shape index (κ3) is 10.5. The van der Waals surface area contributed by atoms with Gasteiger partial charge in [-0.05, 0) is 0 Å². The Morgan fingerprint density at radius 2 is 1.14 bits per heavy atom. The van der Waals surface area contributed by atoms with Crippen LogP contribution < -0.4 is 0 Å². The monoisotopic (exact) mass is 510 g/mol. The summed E-state index contributed by atoms with van der Waals surface area (Å²) in [5, 5.41) is 0. The molecule has 3 aromatic carbocycles. The first kappa shape index (κ1) is 31.4. The van der Waals surface area contributed by atoms with Gasteiger partial charge in [0.05, 0.1) is 0 Å². The van der Waals surface area contributed by atoms with Gasteiger partial charge in [-0.25, -0.2) is 0 Å². The van der Waals surface area contributed by atoms with Crippen molar-refractivity contribution in [3.05, 3.63) is 157 Å². The van der Waals surface area contributed by atoms with Gasteiger partial charge in [-0.2, -0.15) is 97.0 Å². The molecule has 0 aromatic heterocycles. The molecule has 0 saturated carbocycles. The summed E-state index contributed by atoms with van der Waals surface area (Å²) in [6.45, 7) is 18.1. The number of benzene rings is 3. The minimum atomic E-state index is 0. The zero-order chi connectivity index (χ0) is 25.5. The van der Waals surface area contributed by atoms with Crippen molar-refractivity contribution in [2.75, 3.05) is 0 Å². The summed E-state index contributed by atoms with van der Waals surface area (Å²) < 4.78 is 0. The molecule has 0 fully saturated rings. The Bertz CT molecular complexity index is 941. The van der Waals surface area contributed by atoms with Crippen molar-refractivity contribution in [3.8, 4) is 0 Å². The molecule has 3 aromatic rings. The summed E-state index contributed by atoms with van der Waals surface area (Å²) >= 11 is 0. The largest absolute Gasteiger partial charge is 4.00 e. The third-order valence-corrected chi connectivity index (χ3v) is 6.38. The van der Waals surface area contributed by atoms with E-state index >= 15 is 0 Å². The molecule has 0 radical (unpaired) electrons. The Kier molecular flexibility index (Phi) is 15.4. The second-order valence-electron chi connectivity index (χ2n) is 8.97. The van der Waals surface area contributed by atoms with E-state index in [0.717, 1.165) is 22.6 Å². The fourth-order valence-corrected chi connectivity index (χ4v) is 4.62. The first-order chi connectivity index (χ1) is 17.0. The van der Waals surface area contributed by atoms with Crippen molar-refractivity contribution in [1.82, 2.24) is 0 Å². The third-order valence-electron chi connectivity index (χ3n) is 6.38. The minimum Gasteiger partial charge on any atom is -0.199 e. The zero-order valence-corrected chi connectivity index (χ0v) is 24.0. The van der Waals surface area contributed by atoms with Crippen molar-refractivity contribution < 1.29 is 21.7 Å². The SMILES string of the molecule is CCC1=C(C)C(CC)C2=C1[CH-]CCC2.[CH2-]c1ccccc1.[CH2-]c1ccccc1.[CH2-]c1ccccc1.[Ti+4]. The number of hydrogen-bond donors (Lipinski definition) is 0. The second-order valence-corrected chi connectivity index (χ2v) is 8.97. The van der Waals surface area contributed by atoms with Crippen LogP contribution in [0.5, 0.6) is 0 Å². The molecule has 5 rings (SSSR count). The molecule has 186 valence electrons. The van der Waals surface area contributed by atoms with Gasteiger partial charge in [0, 0.05) is 0 Å². The van der Waals surface area contributed by atoms with Gasteiger partial charge in [-0.1, -0.05) is 77.0 Å². The first-order valence-corrected chi connectivity index (χ1v) is 12.8. The normalized spacial score (nSPS) is 15.4. The first-order valence-electron chi connectivity index (χ1n) is 12.8. The molecule has 2 aliphatic carbocycles. The van der Waals surface area contributed by atoms with E-state index in [0.29, 0.717) is 0 Å². The van der Waals surface area contributed by atoms with E-state index in [1.807, 2.05) is 91.0 Å². The second kappa shape index (κ2) is 17.7. The maximum Gasteiger partial charge on any atom is 4.00 e. The van der Waals surface area contributed by atoms with E-state index in [2.05, 4.69) is 48.0 Å². The minimum absolute atomic E-state index is 0. The van der Waals surface area contributed by atoms with Gasteiger partial charge < -0.3 is 0 Å². The van der Waals surface area contributed by atoms with Crippen molar-refractivity contribution in [2.24, 2.45) is 5.92 Å². The zero-order valence-electron chi connectivity index (χ0n) is 22.5. The van der Waals surface area contributed by atoms with Crippen LogP contribution in [0.15, 0.2) is 113 Å². The van der Waals surface area contributed by atoms with Crippen LogP contribution in [0.2, 0.25) is 0 Å². The van der Waals surface area contributed by atoms with Gasteiger partial charge >= 0.3 is 21.7 Å². The van der Waals surface area contributed by atoms with Gasteiger partial charge in [0.1, 0.15) is 0 Å². The molecule has 0 amide bonds. The van der Waals surface area contributed by atoms with Crippen LogP contribution >= 0.6 is 0 Å². The average Bonchev–Trinajstić information content (AvgIpc) is 3.17. The van der Waals surface area contributed by atoms with Crippen molar-refractivity contribution in [2.45, 2.75) is 52.9 Å². The molecule has 0 aliphatic heterocycles. The molecule has 1 atom stereocenters. The number of rotatable bonds is 2. The van der Waals surface area contributed by atoms with E-state index in [4.69, 9.17) is 0 Å². The fraction of sp³-hybridized carbons (Fsp3) is 0.257.